The van der Waals surface area contributed by atoms with Crippen molar-refractivity contribution in [3.63, 3.8) is 0 Å². The molecule has 0 aliphatic heterocycles. The van der Waals surface area contributed by atoms with Crippen molar-refractivity contribution < 1.29 is 18.6 Å². The third kappa shape index (κ3) is 3.99. The van der Waals surface area contributed by atoms with Gasteiger partial charge in [-0.3, -0.25) is 0 Å². The highest BCUT2D eigenvalue weighted by Gasteiger charge is 2.10. The summed E-state index contributed by atoms with van der Waals surface area (Å²) in [7, 11) is 0. The number of rotatable bonds is 6. The second kappa shape index (κ2) is 7.26. The van der Waals surface area contributed by atoms with Crippen LogP contribution >= 0.6 is 11.8 Å². The van der Waals surface area contributed by atoms with E-state index in [0.717, 1.165) is 11.3 Å². The normalized spacial score (nSPS) is 11.0. The van der Waals surface area contributed by atoms with Crippen molar-refractivity contribution >= 4 is 11.8 Å². The number of nitrogens with zero attached hydrogens (tertiary/aromatic N) is 4. The standard InChI is InChI=1S/C15H12F2N4O2S/c16-14(17)23-13-7-1-10(2-8-13)9-24-15-18-19-20-21(15)11-3-5-12(22)6-4-11/h1-8,14,22H,9H2. The van der Waals surface area contributed by atoms with Gasteiger partial charge in [-0.1, -0.05) is 23.9 Å². The quantitative estimate of drug-likeness (QED) is 0.688. The van der Waals surface area contributed by atoms with Crippen LogP contribution in [0.15, 0.2) is 53.7 Å². The van der Waals surface area contributed by atoms with Crippen LogP contribution in [0.1, 0.15) is 5.56 Å². The first-order valence-corrected chi connectivity index (χ1v) is 7.85. The smallest absolute Gasteiger partial charge is 0.387 e. The molecular formula is C15H12F2N4O2S. The highest BCUT2D eigenvalue weighted by molar-refractivity contribution is 7.98. The van der Waals surface area contributed by atoms with Gasteiger partial charge in [0.05, 0.1) is 5.69 Å². The lowest BCUT2D eigenvalue weighted by Gasteiger charge is -2.06. The molecular weight excluding hydrogens is 338 g/mol. The van der Waals surface area contributed by atoms with Gasteiger partial charge in [0, 0.05) is 5.75 Å². The van der Waals surface area contributed by atoms with E-state index in [1.807, 2.05) is 0 Å². The van der Waals surface area contributed by atoms with E-state index in [2.05, 4.69) is 20.3 Å². The van der Waals surface area contributed by atoms with Crippen LogP contribution in [-0.2, 0) is 5.75 Å². The van der Waals surface area contributed by atoms with Crippen LogP contribution in [-0.4, -0.2) is 31.9 Å². The first kappa shape index (κ1) is 16.2. The molecule has 1 aromatic heterocycles. The Kier molecular flexibility index (Phi) is 4.90. The lowest BCUT2D eigenvalue weighted by Crippen LogP contribution is -2.01. The Balaban J connectivity index is 1.67. The average molecular weight is 350 g/mol. The maximum atomic E-state index is 12.1. The van der Waals surface area contributed by atoms with Gasteiger partial charge in [0.2, 0.25) is 5.16 Å². The van der Waals surface area contributed by atoms with Crippen molar-refractivity contribution in [3.8, 4) is 17.2 Å². The maximum Gasteiger partial charge on any atom is 0.387 e. The van der Waals surface area contributed by atoms with E-state index in [-0.39, 0.29) is 11.5 Å². The molecule has 3 aromatic rings. The summed E-state index contributed by atoms with van der Waals surface area (Å²) in [5, 5.41) is 21.5. The molecule has 0 unspecified atom stereocenters. The molecule has 0 radical (unpaired) electrons. The van der Waals surface area contributed by atoms with Gasteiger partial charge in [-0.05, 0) is 52.4 Å². The average Bonchev–Trinajstić information content (AvgIpc) is 3.03. The Morgan fingerprint density at radius 3 is 2.46 bits per heavy atom. The molecule has 124 valence electrons. The second-order valence-corrected chi connectivity index (χ2v) is 5.64. The lowest BCUT2D eigenvalue weighted by atomic mass is 10.2. The first-order valence-electron chi connectivity index (χ1n) is 6.86. The summed E-state index contributed by atoms with van der Waals surface area (Å²) in [5.41, 5.74) is 1.64. The van der Waals surface area contributed by atoms with Gasteiger partial charge in [-0.2, -0.15) is 13.5 Å². The number of hydrogen-bond acceptors (Lipinski definition) is 6. The van der Waals surface area contributed by atoms with Crippen molar-refractivity contribution in [1.29, 1.82) is 0 Å². The molecule has 24 heavy (non-hydrogen) atoms. The number of benzene rings is 2. The van der Waals surface area contributed by atoms with Crippen LogP contribution in [0.2, 0.25) is 0 Å². The van der Waals surface area contributed by atoms with Gasteiger partial charge in [-0.25, -0.2) is 0 Å². The van der Waals surface area contributed by atoms with E-state index >= 15 is 0 Å². The highest BCUT2D eigenvalue weighted by Crippen LogP contribution is 2.24. The Morgan fingerprint density at radius 2 is 1.79 bits per heavy atom. The molecule has 0 saturated heterocycles. The Labute approximate surface area is 140 Å². The lowest BCUT2D eigenvalue weighted by molar-refractivity contribution is -0.0498. The first-order chi connectivity index (χ1) is 11.6. The third-order valence-corrected chi connectivity index (χ3v) is 4.04. The number of phenolic OH excluding ortho intramolecular Hbond substituents is 1. The molecule has 1 heterocycles. The minimum Gasteiger partial charge on any atom is -0.508 e. The number of phenols is 1. The molecule has 3 rings (SSSR count). The van der Waals surface area contributed by atoms with Gasteiger partial charge in [0.1, 0.15) is 11.5 Å². The van der Waals surface area contributed by atoms with Gasteiger partial charge in [0.15, 0.2) is 0 Å². The van der Waals surface area contributed by atoms with Crippen LogP contribution in [0.3, 0.4) is 0 Å². The van der Waals surface area contributed by atoms with E-state index in [1.165, 1.54) is 23.9 Å². The molecule has 0 fully saturated rings. The summed E-state index contributed by atoms with van der Waals surface area (Å²) < 4.78 is 30.1. The minimum absolute atomic E-state index is 0.118. The zero-order valence-electron chi connectivity index (χ0n) is 12.2. The third-order valence-electron chi connectivity index (χ3n) is 3.05. The number of halogens is 2. The molecule has 0 spiro atoms. The summed E-state index contributed by atoms with van der Waals surface area (Å²) in [6, 6.07) is 12.9. The molecule has 0 aliphatic rings. The monoisotopic (exact) mass is 350 g/mol. The summed E-state index contributed by atoms with van der Waals surface area (Å²) in [5.74, 6) is 0.841. The zero-order valence-corrected chi connectivity index (χ0v) is 13.0. The fourth-order valence-electron chi connectivity index (χ4n) is 1.94. The van der Waals surface area contributed by atoms with Gasteiger partial charge in [0.25, 0.3) is 0 Å². The molecule has 0 saturated carbocycles. The summed E-state index contributed by atoms with van der Waals surface area (Å²) >= 11 is 1.40. The number of alkyl halides is 2. The van der Waals surface area contributed by atoms with Crippen molar-refractivity contribution in [1.82, 2.24) is 20.2 Å². The summed E-state index contributed by atoms with van der Waals surface area (Å²) in [6.45, 7) is -2.83. The molecule has 0 amide bonds. The largest absolute Gasteiger partial charge is 0.508 e. The van der Waals surface area contributed by atoms with Crippen LogP contribution in [0.4, 0.5) is 8.78 Å². The fourth-order valence-corrected chi connectivity index (χ4v) is 2.79. The number of hydrogen-bond donors (Lipinski definition) is 1. The molecule has 2 aromatic carbocycles. The number of ether oxygens (including phenoxy) is 1. The van der Waals surface area contributed by atoms with Gasteiger partial charge < -0.3 is 9.84 Å². The van der Waals surface area contributed by atoms with E-state index in [4.69, 9.17) is 0 Å². The van der Waals surface area contributed by atoms with Gasteiger partial charge >= 0.3 is 6.61 Å². The Bertz CT molecular complexity index is 794. The van der Waals surface area contributed by atoms with Crippen molar-refractivity contribution in [2.24, 2.45) is 0 Å². The molecule has 0 aliphatic carbocycles. The maximum absolute atomic E-state index is 12.1. The molecule has 1 N–H and O–H groups in total. The number of aromatic nitrogens is 4. The van der Waals surface area contributed by atoms with Crippen LogP contribution in [0.5, 0.6) is 11.5 Å². The van der Waals surface area contributed by atoms with Crippen LogP contribution in [0, 0.1) is 0 Å². The topological polar surface area (TPSA) is 73.1 Å². The number of tetrazole rings is 1. The second-order valence-electron chi connectivity index (χ2n) is 4.70. The van der Waals surface area contributed by atoms with Crippen LogP contribution < -0.4 is 4.74 Å². The Hall–Kier alpha value is -2.68. The van der Waals surface area contributed by atoms with Crippen molar-refractivity contribution in [2.45, 2.75) is 17.5 Å². The molecule has 6 nitrogen and oxygen atoms in total. The molecule has 0 atom stereocenters. The predicted octanol–water partition coefficient (Wildman–Crippen LogP) is 3.26. The van der Waals surface area contributed by atoms with E-state index in [0.29, 0.717) is 10.9 Å². The number of aromatic hydroxyl groups is 1. The fraction of sp³-hybridized carbons (Fsp3) is 0.133. The summed E-state index contributed by atoms with van der Waals surface area (Å²) in [6.07, 6.45) is 0. The van der Waals surface area contributed by atoms with Crippen molar-refractivity contribution in [2.75, 3.05) is 0 Å². The van der Waals surface area contributed by atoms with Crippen molar-refractivity contribution in [3.05, 3.63) is 54.1 Å². The molecule has 0 bridgehead atoms. The zero-order chi connectivity index (χ0) is 16.9. The summed E-state index contributed by atoms with van der Waals surface area (Å²) in [4.78, 5) is 0. The molecule has 9 heteroatoms. The Morgan fingerprint density at radius 1 is 1.08 bits per heavy atom. The van der Waals surface area contributed by atoms with E-state index in [1.54, 1.807) is 41.1 Å². The van der Waals surface area contributed by atoms with E-state index in [9.17, 15) is 13.9 Å². The van der Waals surface area contributed by atoms with Gasteiger partial charge in [-0.15, -0.1) is 5.10 Å². The van der Waals surface area contributed by atoms with Crippen LogP contribution in [0.25, 0.3) is 5.69 Å². The minimum atomic E-state index is -2.83. The predicted molar refractivity (Wildman–Crippen MR) is 83.5 cm³/mol. The highest BCUT2D eigenvalue weighted by atomic mass is 32.2. The number of thioether (sulfide) groups is 1. The SMILES string of the molecule is Oc1ccc(-n2nnnc2SCc2ccc(OC(F)F)cc2)cc1. The van der Waals surface area contributed by atoms with E-state index < -0.39 is 6.61 Å².